The number of nitrogens with one attached hydrogen (secondary N) is 1. The van der Waals surface area contributed by atoms with E-state index >= 15 is 0 Å². The van der Waals surface area contributed by atoms with Crippen molar-refractivity contribution in [2.24, 2.45) is 0 Å². The molecule has 2 aromatic rings. The molecule has 1 fully saturated rings. The quantitative estimate of drug-likeness (QED) is 0.903. The Morgan fingerprint density at radius 3 is 3.00 bits per heavy atom. The Kier molecular flexibility index (Phi) is 4.57. The molecule has 25 heavy (non-hydrogen) atoms. The van der Waals surface area contributed by atoms with Gasteiger partial charge in [-0.2, -0.15) is 0 Å². The molecular weight excluding hydrogens is 314 g/mol. The summed E-state index contributed by atoms with van der Waals surface area (Å²) in [4.78, 5) is 14.7. The van der Waals surface area contributed by atoms with Gasteiger partial charge in [-0.1, -0.05) is 11.2 Å². The standard InChI is InChI=1S/C20H25N3O2/c1-14-12-19(25-22-14)18-6-3-10-23(18)11-9-20(24)21-17-8-7-15-4-2-5-16(15)13-17/h7-8,12-13,18H,2-6,9-11H2,1H3,(H,21,24)/t18-/m1/s1. The van der Waals surface area contributed by atoms with E-state index in [2.05, 4.69) is 27.5 Å². The number of likely N-dealkylation sites (tertiary alicyclic amines) is 1. The van der Waals surface area contributed by atoms with Gasteiger partial charge in [-0.15, -0.1) is 0 Å². The zero-order valence-electron chi connectivity index (χ0n) is 14.8. The number of benzene rings is 1. The summed E-state index contributed by atoms with van der Waals surface area (Å²) in [6.07, 6.45) is 6.23. The second-order valence-electron chi connectivity index (χ2n) is 7.20. The van der Waals surface area contributed by atoms with Gasteiger partial charge in [-0.05, 0) is 68.8 Å². The number of amides is 1. The molecule has 1 N–H and O–H groups in total. The van der Waals surface area contributed by atoms with Crippen molar-refractivity contribution in [3.63, 3.8) is 0 Å². The second kappa shape index (κ2) is 7.00. The van der Waals surface area contributed by atoms with E-state index in [1.807, 2.05) is 19.1 Å². The van der Waals surface area contributed by atoms with E-state index < -0.39 is 0 Å². The van der Waals surface area contributed by atoms with Crippen LogP contribution in [0.3, 0.4) is 0 Å². The lowest BCUT2D eigenvalue weighted by atomic mass is 10.1. The van der Waals surface area contributed by atoms with Gasteiger partial charge in [-0.3, -0.25) is 9.69 Å². The summed E-state index contributed by atoms with van der Waals surface area (Å²) < 4.78 is 5.43. The van der Waals surface area contributed by atoms with Crippen LogP contribution in [0, 0.1) is 6.92 Å². The van der Waals surface area contributed by atoms with Crippen LogP contribution < -0.4 is 5.32 Å². The number of hydrogen-bond acceptors (Lipinski definition) is 4. The van der Waals surface area contributed by atoms with Gasteiger partial charge >= 0.3 is 0 Å². The Labute approximate surface area is 148 Å². The van der Waals surface area contributed by atoms with Crippen LogP contribution in [-0.2, 0) is 17.6 Å². The van der Waals surface area contributed by atoms with E-state index in [4.69, 9.17) is 4.52 Å². The lowest BCUT2D eigenvalue weighted by molar-refractivity contribution is -0.116. The highest BCUT2D eigenvalue weighted by Crippen LogP contribution is 2.32. The highest BCUT2D eigenvalue weighted by molar-refractivity contribution is 5.91. The van der Waals surface area contributed by atoms with Crippen molar-refractivity contribution in [1.82, 2.24) is 10.1 Å². The molecule has 132 valence electrons. The molecule has 0 unspecified atom stereocenters. The van der Waals surface area contributed by atoms with E-state index in [1.165, 1.54) is 24.0 Å². The predicted molar refractivity (Wildman–Crippen MR) is 96.5 cm³/mol. The Hall–Kier alpha value is -2.14. The predicted octanol–water partition coefficient (Wildman–Crippen LogP) is 3.64. The summed E-state index contributed by atoms with van der Waals surface area (Å²) in [5.41, 5.74) is 4.66. The Bertz CT molecular complexity index is 768. The molecule has 1 saturated heterocycles. The summed E-state index contributed by atoms with van der Waals surface area (Å²) in [5.74, 6) is 1.01. The second-order valence-corrected chi connectivity index (χ2v) is 7.20. The molecule has 1 amide bonds. The fourth-order valence-corrected chi connectivity index (χ4v) is 4.07. The summed E-state index contributed by atoms with van der Waals surface area (Å²) in [6.45, 7) is 3.70. The minimum atomic E-state index is 0.0809. The molecule has 5 nitrogen and oxygen atoms in total. The number of fused-ring (bicyclic) bond motifs is 1. The SMILES string of the molecule is Cc1cc([C@H]2CCCN2CCC(=O)Nc2ccc3c(c2)CCC3)on1. The first-order valence-electron chi connectivity index (χ1n) is 9.28. The first-order chi connectivity index (χ1) is 12.2. The van der Waals surface area contributed by atoms with Crippen molar-refractivity contribution >= 4 is 11.6 Å². The molecule has 1 atom stereocenters. The summed E-state index contributed by atoms with van der Waals surface area (Å²) in [5, 5.41) is 7.05. The highest BCUT2D eigenvalue weighted by atomic mass is 16.5. The number of hydrogen-bond donors (Lipinski definition) is 1. The third-order valence-corrected chi connectivity index (χ3v) is 5.35. The molecular formula is C20H25N3O2. The van der Waals surface area contributed by atoms with Crippen molar-refractivity contribution < 1.29 is 9.32 Å². The molecule has 0 radical (unpaired) electrons. The normalized spacial score (nSPS) is 20.0. The Morgan fingerprint density at radius 2 is 2.16 bits per heavy atom. The van der Waals surface area contributed by atoms with Crippen LogP contribution >= 0.6 is 0 Å². The number of carbonyl (C=O) groups is 1. The molecule has 2 aliphatic rings. The van der Waals surface area contributed by atoms with Crippen LogP contribution in [-0.4, -0.2) is 29.1 Å². The molecule has 1 aliphatic heterocycles. The van der Waals surface area contributed by atoms with Gasteiger partial charge < -0.3 is 9.84 Å². The molecule has 5 heteroatoms. The number of aryl methyl sites for hydroxylation is 3. The molecule has 2 heterocycles. The third-order valence-electron chi connectivity index (χ3n) is 5.35. The van der Waals surface area contributed by atoms with E-state index in [9.17, 15) is 4.79 Å². The summed E-state index contributed by atoms with van der Waals surface area (Å²) >= 11 is 0. The average molecular weight is 339 g/mol. The minimum absolute atomic E-state index is 0.0809. The van der Waals surface area contributed by atoms with E-state index in [1.54, 1.807) is 0 Å². The van der Waals surface area contributed by atoms with E-state index in [0.29, 0.717) is 6.42 Å². The Balaban J connectivity index is 1.32. The van der Waals surface area contributed by atoms with E-state index in [-0.39, 0.29) is 11.9 Å². The fourth-order valence-electron chi connectivity index (χ4n) is 4.07. The average Bonchev–Trinajstić information content (AvgIpc) is 3.32. The number of nitrogens with zero attached hydrogens (tertiary/aromatic N) is 2. The van der Waals surface area contributed by atoms with Crippen molar-refractivity contribution in [2.45, 2.75) is 51.5 Å². The van der Waals surface area contributed by atoms with Crippen LogP contribution in [0.25, 0.3) is 0 Å². The monoisotopic (exact) mass is 339 g/mol. The smallest absolute Gasteiger partial charge is 0.225 e. The number of aromatic nitrogens is 1. The largest absolute Gasteiger partial charge is 0.359 e. The summed E-state index contributed by atoms with van der Waals surface area (Å²) in [7, 11) is 0. The number of carbonyl (C=O) groups excluding carboxylic acids is 1. The van der Waals surface area contributed by atoms with Gasteiger partial charge in [0.2, 0.25) is 5.91 Å². The topological polar surface area (TPSA) is 58.4 Å². The van der Waals surface area contributed by atoms with Crippen LogP contribution in [0.1, 0.15) is 54.3 Å². The van der Waals surface area contributed by atoms with Crippen LogP contribution in [0.15, 0.2) is 28.8 Å². The minimum Gasteiger partial charge on any atom is -0.359 e. The fraction of sp³-hybridized carbons (Fsp3) is 0.500. The zero-order valence-corrected chi connectivity index (χ0v) is 14.8. The molecule has 0 bridgehead atoms. The lowest BCUT2D eigenvalue weighted by Gasteiger charge is -2.21. The van der Waals surface area contributed by atoms with Gasteiger partial charge in [0.25, 0.3) is 0 Å². The molecule has 1 aliphatic carbocycles. The Morgan fingerprint density at radius 1 is 1.28 bits per heavy atom. The molecule has 1 aromatic carbocycles. The highest BCUT2D eigenvalue weighted by Gasteiger charge is 2.29. The van der Waals surface area contributed by atoms with Crippen molar-refractivity contribution in [1.29, 1.82) is 0 Å². The van der Waals surface area contributed by atoms with Gasteiger partial charge in [0, 0.05) is 24.7 Å². The number of anilines is 1. The van der Waals surface area contributed by atoms with Crippen LogP contribution in [0.2, 0.25) is 0 Å². The molecule has 1 aromatic heterocycles. The maximum Gasteiger partial charge on any atom is 0.225 e. The van der Waals surface area contributed by atoms with Crippen LogP contribution in [0.4, 0.5) is 5.69 Å². The van der Waals surface area contributed by atoms with Crippen molar-refractivity contribution in [3.8, 4) is 0 Å². The van der Waals surface area contributed by atoms with Gasteiger partial charge in [0.05, 0.1) is 11.7 Å². The van der Waals surface area contributed by atoms with Crippen LogP contribution in [0.5, 0.6) is 0 Å². The van der Waals surface area contributed by atoms with E-state index in [0.717, 1.165) is 49.5 Å². The summed E-state index contributed by atoms with van der Waals surface area (Å²) in [6, 6.07) is 8.58. The maximum atomic E-state index is 12.3. The zero-order chi connectivity index (χ0) is 17.2. The molecule has 0 saturated carbocycles. The van der Waals surface area contributed by atoms with Crippen molar-refractivity contribution in [3.05, 3.63) is 46.8 Å². The first-order valence-corrected chi connectivity index (χ1v) is 9.28. The van der Waals surface area contributed by atoms with Crippen molar-refractivity contribution in [2.75, 3.05) is 18.4 Å². The third kappa shape index (κ3) is 3.61. The van der Waals surface area contributed by atoms with Gasteiger partial charge in [0.15, 0.2) is 5.76 Å². The maximum absolute atomic E-state index is 12.3. The van der Waals surface area contributed by atoms with Gasteiger partial charge in [0.1, 0.15) is 0 Å². The lowest BCUT2D eigenvalue weighted by Crippen LogP contribution is -2.27. The molecule has 0 spiro atoms. The van der Waals surface area contributed by atoms with Gasteiger partial charge in [-0.25, -0.2) is 0 Å². The first kappa shape index (κ1) is 16.3. The molecule has 4 rings (SSSR count). The number of rotatable bonds is 5.